The lowest BCUT2D eigenvalue weighted by Gasteiger charge is -2.16. The third kappa shape index (κ3) is 3.12. The highest BCUT2D eigenvalue weighted by atomic mass is 16.5. The van der Waals surface area contributed by atoms with Crippen LogP contribution >= 0.6 is 0 Å². The van der Waals surface area contributed by atoms with Crippen LogP contribution in [0.15, 0.2) is 6.07 Å². The highest BCUT2D eigenvalue weighted by molar-refractivity contribution is 5.64. The van der Waals surface area contributed by atoms with Crippen LogP contribution in [0.2, 0.25) is 0 Å². The predicted molar refractivity (Wildman–Crippen MR) is 66.9 cm³/mol. The zero-order valence-electron chi connectivity index (χ0n) is 10.8. The fourth-order valence-electron chi connectivity index (χ4n) is 1.99. The molecule has 0 atom stereocenters. The number of ether oxygens (including phenoxy) is 1. The van der Waals surface area contributed by atoms with Crippen molar-refractivity contribution < 1.29 is 14.6 Å². The van der Waals surface area contributed by atoms with Crippen molar-refractivity contribution in [1.82, 2.24) is 5.32 Å². The summed E-state index contributed by atoms with van der Waals surface area (Å²) in [6.07, 6.45) is -0.354. The topological polar surface area (TPSA) is 58.6 Å². The second kappa shape index (κ2) is 5.57. The maximum Gasteiger partial charge on any atom is 0.404 e. The first-order valence-corrected chi connectivity index (χ1v) is 5.57. The molecule has 1 rings (SSSR count). The van der Waals surface area contributed by atoms with Crippen LogP contribution in [0.25, 0.3) is 0 Å². The van der Waals surface area contributed by atoms with Crippen LogP contribution in [-0.2, 0) is 6.42 Å². The van der Waals surface area contributed by atoms with E-state index in [2.05, 4.69) is 11.4 Å². The smallest absolute Gasteiger partial charge is 0.404 e. The summed E-state index contributed by atoms with van der Waals surface area (Å²) in [7, 11) is 1.65. The summed E-state index contributed by atoms with van der Waals surface area (Å²) in [5, 5.41) is 10.9. The molecule has 1 aromatic carbocycles. The number of benzene rings is 1. The van der Waals surface area contributed by atoms with Gasteiger partial charge < -0.3 is 15.2 Å². The molecule has 0 aliphatic heterocycles. The molecule has 2 N–H and O–H groups in total. The number of rotatable bonds is 4. The lowest BCUT2D eigenvalue weighted by molar-refractivity contribution is 0.194. The van der Waals surface area contributed by atoms with Crippen LogP contribution in [0.4, 0.5) is 4.79 Å². The van der Waals surface area contributed by atoms with E-state index in [1.54, 1.807) is 7.11 Å². The van der Waals surface area contributed by atoms with Crippen molar-refractivity contribution >= 4 is 6.09 Å². The van der Waals surface area contributed by atoms with Crippen molar-refractivity contribution in [3.05, 3.63) is 28.3 Å². The maximum atomic E-state index is 10.4. The maximum absolute atomic E-state index is 10.4. The van der Waals surface area contributed by atoms with E-state index in [-0.39, 0.29) is 0 Å². The summed E-state index contributed by atoms with van der Waals surface area (Å²) in [4.78, 5) is 10.4. The Morgan fingerprint density at radius 2 is 2.00 bits per heavy atom. The predicted octanol–water partition coefficient (Wildman–Crippen LogP) is 2.43. The van der Waals surface area contributed by atoms with Gasteiger partial charge in [0.05, 0.1) is 7.11 Å². The Morgan fingerprint density at radius 3 is 2.53 bits per heavy atom. The highest BCUT2D eigenvalue weighted by Crippen LogP contribution is 2.29. The van der Waals surface area contributed by atoms with E-state index >= 15 is 0 Å². The van der Waals surface area contributed by atoms with Gasteiger partial charge in [-0.05, 0) is 49.4 Å². The Balaban J connectivity index is 2.97. The Morgan fingerprint density at radius 1 is 1.35 bits per heavy atom. The van der Waals surface area contributed by atoms with Gasteiger partial charge in [-0.15, -0.1) is 0 Å². The van der Waals surface area contributed by atoms with Gasteiger partial charge in [0.1, 0.15) is 5.75 Å². The van der Waals surface area contributed by atoms with Crippen molar-refractivity contribution in [3.8, 4) is 5.75 Å². The quantitative estimate of drug-likeness (QED) is 0.845. The number of amides is 1. The van der Waals surface area contributed by atoms with Gasteiger partial charge in [0.15, 0.2) is 0 Å². The molecule has 0 saturated carbocycles. The first kappa shape index (κ1) is 13.4. The molecule has 0 aliphatic carbocycles. The molecular weight excluding hydrogens is 218 g/mol. The zero-order valence-corrected chi connectivity index (χ0v) is 10.8. The molecule has 0 heterocycles. The molecule has 1 aromatic rings. The van der Waals surface area contributed by atoms with E-state index in [0.29, 0.717) is 13.0 Å². The molecule has 0 saturated heterocycles. The van der Waals surface area contributed by atoms with Crippen LogP contribution < -0.4 is 10.1 Å². The first-order chi connectivity index (χ1) is 7.97. The summed E-state index contributed by atoms with van der Waals surface area (Å²) in [5.74, 6) is 0.870. The average molecular weight is 237 g/mol. The second-order valence-corrected chi connectivity index (χ2v) is 4.13. The highest BCUT2D eigenvalue weighted by Gasteiger charge is 2.12. The number of nitrogens with one attached hydrogen (secondary N) is 1. The fraction of sp³-hybridized carbons (Fsp3) is 0.462. The van der Waals surface area contributed by atoms with Crippen molar-refractivity contribution in [1.29, 1.82) is 0 Å². The van der Waals surface area contributed by atoms with Crippen molar-refractivity contribution in [2.24, 2.45) is 0 Å². The molecular formula is C13H19NO3. The van der Waals surface area contributed by atoms with E-state index in [1.165, 1.54) is 5.56 Å². The van der Waals surface area contributed by atoms with Crippen LogP contribution in [0.5, 0.6) is 5.75 Å². The Kier molecular flexibility index (Phi) is 4.37. The van der Waals surface area contributed by atoms with Crippen LogP contribution in [0.3, 0.4) is 0 Å². The number of hydrogen-bond acceptors (Lipinski definition) is 2. The van der Waals surface area contributed by atoms with Gasteiger partial charge >= 0.3 is 6.09 Å². The van der Waals surface area contributed by atoms with Crippen LogP contribution in [-0.4, -0.2) is 24.9 Å². The monoisotopic (exact) mass is 237 g/mol. The minimum atomic E-state index is -0.995. The average Bonchev–Trinajstić information content (AvgIpc) is 2.25. The lowest BCUT2D eigenvalue weighted by atomic mass is 9.97. The molecule has 0 aromatic heterocycles. The minimum absolute atomic E-state index is 0.398. The first-order valence-electron chi connectivity index (χ1n) is 5.57. The van der Waals surface area contributed by atoms with Gasteiger partial charge in [0, 0.05) is 6.54 Å². The third-order valence-corrected chi connectivity index (χ3v) is 2.97. The second-order valence-electron chi connectivity index (χ2n) is 4.13. The summed E-state index contributed by atoms with van der Waals surface area (Å²) in [6.45, 7) is 6.48. The van der Waals surface area contributed by atoms with Gasteiger partial charge in [0.2, 0.25) is 0 Å². The van der Waals surface area contributed by atoms with Gasteiger partial charge in [-0.3, -0.25) is 0 Å². The molecule has 0 bridgehead atoms. The molecule has 0 fully saturated rings. The zero-order chi connectivity index (χ0) is 13.0. The summed E-state index contributed by atoms with van der Waals surface area (Å²) in [5.41, 5.74) is 4.51. The minimum Gasteiger partial charge on any atom is -0.496 e. The Bertz CT molecular complexity index is 427. The SMILES string of the molecule is COc1c(C)c(C)cc(C)c1CCNC(=O)O. The molecule has 0 aliphatic rings. The van der Waals surface area contributed by atoms with Crippen LogP contribution in [0, 0.1) is 20.8 Å². The summed E-state index contributed by atoms with van der Waals surface area (Å²) < 4.78 is 5.42. The number of carbonyl (C=O) groups is 1. The third-order valence-electron chi connectivity index (χ3n) is 2.97. The molecule has 4 nitrogen and oxygen atoms in total. The normalized spacial score (nSPS) is 10.1. The molecule has 0 radical (unpaired) electrons. The number of carboxylic acid groups (broad SMARTS) is 1. The molecule has 94 valence electrons. The molecule has 0 unspecified atom stereocenters. The number of hydrogen-bond donors (Lipinski definition) is 2. The van der Waals surface area contributed by atoms with Crippen LogP contribution in [0.1, 0.15) is 22.3 Å². The standard InChI is InChI=1S/C13H19NO3/c1-8-7-9(2)11(5-6-14-13(15)16)12(17-4)10(8)3/h7,14H,5-6H2,1-4H3,(H,15,16). The van der Waals surface area contributed by atoms with E-state index in [4.69, 9.17) is 9.84 Å². The summed E-state index contributed by atoms with van der Waals surface area (Å²) in [6, 6.07) is 2.11. The molecule has 17 heavy (non-hydrogen) atoms. The fourth-order valence-corrected chi connectivity index (χ4v) is 1.99. The Labute approximate surface area is 102 Å². The van der Waals surface area contributed by atoms with E-state index < -0.39 is 6.09 Å². The van der Waals surface area contributed by atoms with Gasteiger partial charge in [-0.2, -0.15) is 0 Å². The molecule has 4 heteroatoms. The number of methoxy groups -OCH3 is 1. The number of aryl methyl sites for hydroxylation is 2. The van der Waals surface area contributed by atoms with E-state index in [1.807, 2.05) is 20.8 Å². The van der Waals surface area contributed by atoms with Crippen molar-refractivity contribution in [2.75, 3.05) is 13.7 Å². The lowest BCUT2D eigenvalue weighted by Crippen LogP contribution is -2.23. The summed E-state index contributed by atoms with van der Waals surface area (Å²) >= 11 is 0. The molecule has 1 amide bonds. The van der Waals surface area contributed by atoms with E-state index in [9.17, 15) is 4.79 Å². The van der Waals surface area contributed by atoms with Gasteiger partial charge in [-0.1, -0.05) is 6.07 Å². The van der Waals surface area contributed by atoms with E-state index in [0.717, 1.165) is 22.4 Å². The van der Waals surface area contributed by atoms with Crippen molar-refractivity contribution in [2.45, 2.75) is 27.2 Å². The largest absolute Gasteiger partial charge is 0.496 e. The Hall–Kier alpha value is -1.71. The van der Waals surface area contributed by atoms with Gasteiger partial charge in [-0.25, -0.2) is 4.79 Å². The molecule has 0 spiro atoms. The van der Waals surface area contributed by atoms with Crippen molar-refractivity contribution in [3.63, 3.8) is 0 Å². The van der Waals surface area contributed by atoms with Gasteiger partial charge in [0.25, 0.3) is 0 Å².